The van der Waals surface area contributed by atoms with Gasteiger partial charge in [0.05, 0.1) is 5.69 Å². The molecule has 0 aliphatic heterocycles. The number of halogens is 1. The van der Waals surface area contributed by atoms with E-state index in [1.54, 1.807) is 16.7 Å². The number of nitrogens with zero attached hydrogens (tertiary/aromatic N) is 2. The minimum atomic E-state index is -0.246. The molecule has 0 unspecified atom stereocenters. The Kier molecular flexibility index (Phi) is 4.30. The van der Waals surface area contributed by atoms with Crippen molar-refractivity contribution in [3.05, 3.63) is 76.3 Å². The Morgan fingerprint density at radius 2 is 1.61 bits per heavy atom. The largest absolute Gasteiger partial charge is 0.348 e. The molecule has 0 spiro atoms. The van der Waals surface area contributed by atoms with E-state index in [-0.39, 0.29) is 11.7 Å². The minimum absolute atomic E-state index is 0.0525. The zero-order valence-corrected chi connectivity index (χ0v) is 13.8. The summed E-state index contributed by atoms with van der Waals surface area (Å²) in [6, 6.07) is 17.4. The molecule has 0 N–H and O–H groups in total. The Bertz CT molecular complexity index is 868. The van der Waals surface area contributed by atoms with Gasteiger partial charge in [-0.3, -0.25) is 4.57 Å². The lowest BCUT2D eigenvalue weighted by Gasteiger charge is -2.15. The lowest BCUT2D eigenvalue weighted by atomic mass is 10.0. The molecule has 0 fully saturated rings. The van der Waals surface area contributed by atoms with Crippen molar-refractivity contribution >= 4 is 11.6 Å². The van der Waals surface area contributed by atoms with Crippen molar-refractivity contribution < 1.29 is 0 Å². The number of hydrogen-bond acceptors (Lipinski definition) is 2. The maximum Gasteiger partial charge on any atom is 0.348 e. The van der Waals surface area contributed by atoms with Crippen LogP contribution >= 0.6 is 11.6 Å². The first-order chi connectivity index (χ1) is 11.1. The molecule has 0 atom stereocenters. The molecule has 0 saturated carbocycles. The molecular formula is C19H17ClN2O. The van der Waals surface area contributed by atoms with Gasteiger partial charge in [0.25, 0.3) is 0 Å². The summed E-state index contributed by atoms with van der Waals surface area (Å²) in [5.74, 6) is 0. The average molecular weight is 325 g/mol. The van der Waals surface area contributed by atoms with Crippen LogP contribution < -0.4 is 5.69 Å². The highest BCUT2D eigenvalue weighted by Gasteiger charge is 2.14. The molecule has 1 heterocycles. The summed E-state index contributed by atoms with van der Waals surface area (Å²) in [5, 5.41) is 0.658. The Morgan fingerprint density at radius 3 is 2.22 bits per heavy atom. The molecule has 3 rings (SSSR count). The summed E-state index contributed by atoms with van der Waals surface area (Å²) in [6.07, 6.45) is 1.89. The quantitative estimate of drug-likeness (QED) is 0.693. The van der Waals surface area contributed by atoms with Crippen LogP contribution in [0.1, 0.15) is 19.9 Å². The van der Waals surface area contributed by atoms with Gasteiger partial charge in [-0.2, -0.15) is 4.98 Å². The van der Waals surface area contributed by atoms with Crippen molar-refractivity contribution in [2.24, 2.45) is 0 Å². The minimum Gasteiger partial charge on any atom is -0.296 e. The molecule has 0 radical (unpaired) electrons. The predicted molar refractivity (Wildman–Crippen MR) is 94.8 cm³/mol. The van der Waals surface area contributed by atoms with E-state index in [9.17, 15) is 4.79 Å². The Balaban J connectivity index is 2.27. The van der Waals surface area contributed by atoms with Crippen LogP contribution in [0.3, 0.4) is 0 Å². The molecule has 0 aliphatic carbocycles. The van der Waals surface area contributed by atoms with Gasteiger partial charge in [-0.1, -0.05) is 54.1 Å². The highest BCUT2D eigenvalue weighted by molar-refractivity contribution is 6.30. The number of benzene rings is 2. The first-order valence-electron chi connectivity index (χ1n) is 7.51. The molecular weight excluding hydrogens is 308 g/mol. The molecule has 116 valence electrons. The molecule has 0 bridgehead atoms. The summed E-state index contributed by atoms with van der Waals surface area (Å²) >= 11 is 5.97. The van der Waals surface area contributed by atoms with Crippen molar-refractivity contribution in [1.82, 2.24) is 9.55 Å². The van der Waals surface area contributed by atoms with E-state index in [2.05, 4.69) is 4.98 Å². The van der Waals surface area contributed by atoms with Gasteiger partial charge in [-0.15, -0.1) is 0 Å². The second-order valence-corrected chi connectivity index (χ2v) is 6.10. The smallest absolute Gasteiger partial charge is 0.296 e. The van der Waals surface area contributed by atoms with E-state index >= 15 is 0 Å². The zero-order chi connectivity index (χ0) is 16.4. The van der Waals surface area contributed by atoms with Crippen LogP contribution in [0.25, 0.3) is 22.4 Å². The van der Waals surface area contributed by atoms with Crippen LogP contribution in [0.2, 0.25) is 5.02 Å². The number of hydrogen-bond donors (Lipinski definition) is 0. The van der Waals surface area contributed by atoms with E-state index in [1.165, 1.54) is 0 Å². The normalized spacial score (nSPS) is 11.0. The van der Waals surface area contributed by atoms with Crippen LogP contribution in [0.4, 0.5) is 0 Å². The van der Waals surface area contributed by atoms with Gasteiger partial charge in [0, 0.05) is 28.4 Å². The van der Waals surface area contributed by atoms with Crippen molar-refractivity contribution in [1.29, 1.82) is 0 Å². The number of aromatic nitrogens is 2. The standard InChI is InChI=1S/C19H17ClN2O/c1-13(2)22-12-17(14-6-4-3-5-7-14)18(21-19(22)23)15-8-10-16(20)11-9-15/h3-13H,1-2H3. The Morgan fingerprint density at radius 1 is 0.957 bits per heavy atom. The fraction of sp³-hybridized carbons (Fsp3) is 0.158. The van der Waals surface area contributed by atoms with Crippen molar-refractivity contribution in [2.45, 2.75) is 19.9 Å². The van der Waals surface area contributed by atoms with Crippen LogP contribution in [0.5, 0.6) is 0 Å². The van der Waals surface area contributed by atoms with Gasteiger partial charge in [0.2, 0.25) is 0 Å². The van der Waals surface area contributed by atoms with E-state index in [0.29, 0.717) is 10.7 Å². The molecule has 1 aromatic heterocycles. The molecule has 3 aromatic rings. The topological polar surface area (TPSA) is 34.9 Å². The fourth-order valence-corrected chi connectivity index (χ4v) is 2.62. The van der Waals surface area contributed by atoms with Gasteiger partial charge < -0.3 is 0 Å². The van der Waals surface area contributed by atoms with Crippen LogP contribution in [-0.2, 0) is 0 Å². The monoisotopic (exact) mass is 324 g/mol. The van der Waals surface area contributed by atoms with Gasteiger partial charge >= 0.3 is 5.69 Å². The second-order valence-electron chi connectivity index (χ2n) is 5.66. The molecule has 0 saturated heterocycles. The highest BCUT2D eigenvalue weighted by Crippen LogP contribution is 2.30. The third-order valence-corrected chi connectivity index (χ3v) is 3.96. The Hall–Kier alpha value is -2.39. The lowest BCUT2D eigenvalue weighted by Crippen LogP contribution is -2.25. The van der Waals surface area contributed by atoms with Crippen LogP contribution in [0, 0.1) is 0 Å². The molecule has 4 heteroatoms. The lowest BCUT2D eigenvalue weighted by molar-refractivity contribution is 0.565. The molecule has 0 aliphatic rings. The molecule has 3 nitrogen and oxygen atoms in total. The summed E-state index contributed by atoms with van der Waals surface area (Å²) in [4.78, 5) is 16.7. The van der Waals surface area contributed by atoms with Crippen LogP contribution in [0.15, 0.2) is 65.6 Å². The molecule has 0 amide bonds. The summed E-state index contributed by atoms with van der Waals surface area (Å²) < 4.78 is 1.65. The maximum atomic E-state index is 12.3. The fourth-order valence-electron chi connectivity index (χ4n) is 2.50. The first-order valence-corrected chi connectivity index (χ1v) is 7.88. The highest BCUT2D eigenvalue weighted by atomic mass is 35.5. The maximum absolute atomic E-state index is 12.3. The SMILES string of the molecule is CC(C)n1cc(-c2ccccc2)c(-c2ccc(Cl)cc2)nc1=O. The zero-order valence-electron chi connectivity index (χ0n) is 13.0. The Labute approximate surface area is 140 Å². The van der Waals surface area contributed by atoms with Gasteiger partial charge in [0.15, 0.2) is 0 Å². The van der Waals surface area contributed by atoms with Crippen molar-refractivity contribution in [3.63, 3.8) is 0 Å². The second kappa shape index (κ2) is 6.39. The van der Waals surface area contributed by atoms with Gasteiger partial charge in [-0.05, 0) is 31.5 Å². The average Bonchev–Trinajstić information content (AvgIpc) is 2.56. The summed E-state index contributed by atoms with van der Waals surface area (Å²) in [7, 11) is 0. The van der Waals surface area contributed by atoms with E-state index in [0.717, 1.165) is 16.7 Å². The van der Waals surface area contributed by atoms with E-state index < -0.39 is 0 Å². The number of rotatable bonds is 3. The van der Waals surface area contributed by atoms with Crippen molar-refractivity contribution in [2.75, 3.05) is 0 Å². The van der Waals surface area contributed by atoms with E-state index in [4.69, 9.17) is 11.6 Å². The summed E-state index contributed by atoms with van der Waals surface area (Å²) in [5.41, 5.74) is 3.27. The van der Waals surface area contributed by atoms with E-state index in [1.807, 2.05) is 62.5 Å². The predicted octanol–water partition coefficient (Wildman–Crippen LogP) is 4.81. The third kappa shape index (κ3) is 3.20. The third-order valence-electron chi connectivity index (χ3n) is 3.71. The molecule has 2 aromatic carbocycles. The van der Waals surface area contributed by atoms with Crippen molar-refractivity contribution in [3.8, 4) is 22.4 Å². The van der Waals surface area contributed by atoms with Crippen LogP contribution in [-0.4, -0.2) is 9.55 Å². The van der Waals surface area contributed by atoms with Gasteiger partial charge in [-0.25, -0.2) is 4.79 Å². The van der Waals surface area contributed by atoms with Gasteiger partial charge in [0.1, 0.15) is 0 Å². The molecule has 23 heavy (non-hydrogen) atoms. The first kappa shape index (κ1) is 15.5. The summed E-state index contributed by atoms with van der Waals surface area (Å²) in [6.45, 7) is 3.94.